The molecule has 31 heavy (non-hydrogen) atoms. The molecule has 0 fully saturated rings. The minimum absolute atomic E-state index is 0.626. The standard InChI is InChI=1S/C24H22BrN3O2S/c1-29-21-11-17(10-20(25)23(21)30-2)13-27-24-19(12-26)18-8-9-28(15-22(18)31-24)14-16-6-4-3-5-7-16/h3-7,10-11,13H,8-9,14-15H2,1-2H3. The van der Waals surface area contributed by atoms with Gasteiger partial charge in [-0.2, -0.15) is 5.26 Å². The summed E-state index contributed by atoms with van der Waals surface area (Å²) < 4.78 is 11.6. The van der Waals surface area contributed by atoms with Gasteiger partial charge in [0.15, 0.2) is 11.5 Å². The van der Waals surface area contributed by atoms with Crippen molar-refractivity contribution < 1.29 is 9.47 Å². The first kappa shape index (κ1) is 21.6. The van der Waals surface area contributed by atoms with Crippen molar-refractivity contribution in [3.05, 3.63) is 74.1 Å². The first-order valence-electron chi connectivity index (χ1n) is 9.89. The van der Waals surface area contributed by atoms with Crippen molar-refractivity contribution in [2.45, 2.75) is 19.5 Å². The zero-order chi connectivity index (χ0) is 21.8. The van der Waals surface area contributed by atoms with Gasteiger partial charge in [-0.15, -0.1) is 11.3 Å². The first-order valence-corrected chi connectivity index (χ1v) is 11.5. The van der Waals surface area contributed by atoms with Crippen LogP contribution in [-0.2, 0) is 19.5 Å². The van der Waals surface area contributed by atoms with Gasteiger partial charge in [0.05, 0.1) is 24.3 Å². The molecule has 0 saturated heterocycles. The smallest absolute Gasteiger partial charge is 0.174 e. The maximum Gasteiger partial charge on any atom is 0.174 e. The van der Waals surface area contributed by atoms with Crippen molar-refractivity contribution in [1.82, 2.24) is 4.90 Å². The van der Waals surface area contributed by atoms with Crippen LogP contribution < -0.4 is 9.47 Å². The van der Waals surface area contributed by atoms with Crippen LogP contribution in [0, 0.1) is 11.3 Å². The quantitative estimate of drug-likeness (QED) is 0.411. The van der Waals surface area contributed by atoms with Gasteiger partial charge in [0.25, 0.3) is 0 Å². The van der Waals surface area contributed by atoms with Crippen LogP contribution in [0.3, 0.4) is 0 Å². The van der Waals surface area contributed by atoms with Crippen LogP contribution >= 0.6 is 27.3 Å². The SMILES string of the molecule is COc1cc(C=Nc2sc3c(c2C#N)CCN(Cc2ccccc2)C3)cc(Br)c1OC. The fraction of sp³-hybridized carbons (Fsp3) is 0.250. The summed E-state index contributed by atoms with van der Waals surface area (Å²) in [5.74, 6) is 1.27. The van der Waals surface area contributed by atoms with E-state index in [0.717, 1.165) is 46.7 Å². The van der Waals surface area contributed by atoms with Crippen LogP contribution in [0.2, 0.25) is 0 Å². The Bertz CT molecular complexity index is 1150. The van der Waals surface area contributed by atoms with Gasteiger partial charge >= 0.3 is 0 Å². The Balaban J connectivity index is 1.57. The number of hydrogen-bond acceptors (Lipinski definition) is 6. The molecule has 0 spiro atoms. The summed E-state index contributed by atoms with van der Waals surface area (Å²) >= 11 is 5.12. The molecule has 3 aromatic rings. The molecule has 2 heterocycles. The molecule has 1 aromatic heterocycles. The summed E-state index contributed by atoms with van der Waals surface area (Å²) in [6, 6.07) is 16.7. The van der Waals surface area contributed by atoms with E-state index in [0.29, 0.717) is 17.1 Å². The lowest BCUT2D eigenvalue weighted by atomic mass is 10.0. The van der Waals surface area contributed by atoms with Crippen molar-refractivity contribution in [2.24, 2.45) is 4.99 Å². The number of rotatable bonds is 6. The minimum atomic E-state index is 0.626. The molecule has 1 aliphatic rings. The number of nitriles is 1. The lowest BCUT2D eigenvalue weighted by Crippen LogP contribution is -2.29. The van der Waals surface area contributed by atoms with E-state index >= 15 is 0 Å². The zero-order valence-electron chi connectivity index (χ0n) is 17.4. The Morgan fingerprint density at radius 3 is 2.74 bits per heavy atom. The van der Waals surface area contributed by atoms with Gasteiger partial charge in [0, 0.05) is 30.7 Å². The molecular weight excluding hydrogens is 474 g/mol. The predicted octanol–water partition coefficient (Wildman–Crippen LogP) is 5.71. The van der Waals surface area contributed by atoms with E-state index in [1.165, 1.54) is 10.4 Å². The minimum Gasteiger partial charge on any atom is -0.493 e. The van der Waals surface area contributed by atoms with Crippen LogP contribution in [0.25, 0.3) is 0 Å². The van der Waals surface area contributed by atoms with Gasteiger partial charge in [0.2, 0.25) is 0 Å². The van der Waals surface area contributed by atoms with Crippen molar-refractivity contribution in [3.63, 3.8) is 0 Å². The lowest BCUT2D eigenvalue weighted by Gasteiger charge is -2.26. The number of ether oxygens (including phenoxy) is 2. The first-order chi connectivity index (χ1) is 15.1. The van der Waals surface area contributed by atoms with Gasteiger partial charge < -0.3 is 9.47 Å². The van der Waals surface area contributed by atoms with E-state index in [2.05, 4.69) is 56.2 Å². The third kappa shape index (κ3) is 4.67. The molecule has 2 aromatic carbocycles. The number of nitrogens with zero attached hydrogens (tertiary/aromatic N) is 3. The van der Waals surface area contributed by atoms with Gasteiger partial charge in [-0.1, -0.05) is 30.3 Å². The Labute approximate surface area is 194 Å². The van der Waals surface area contributed by atoms with Crippen molar-refractivity contribution in [3.8, 4) is 17.6 Å². The summed E-state index contributed by atoms with van der Waals surface area (Å²) in [7, 11) is 3.21. The molecule has 0 saturated carbocycles. The molecule has 0 bridgehead atoms. The van der Waals surface area contributed by atoms with E-state index in [4.69, 9.17) is 9.47 Å². The topological polar surface area (TPSA) is 57.8 Å². The van der Waals surface area contributed by atoms with Gasteiger partial charge in [-0.05, 0) is 51.2 Å². The fourth-order valence-electron chi connectivity index (χ4n) is 3.77. The van der Waals surface area contributed by atoms with Gasteiger partial charge in [-0.25, -0.2) is 4.99 Å². The van der Waals surface area contributed by atoms with Crippen molar-refractivity contribution in [1.29, 1.82) is 5.26 Å². The molecular formula is C24H22BrN3O2S. The fourth-order valence-corrected chi connectivity index (χ4v) is 5.58. The second-order valence-electron chi connectivity index (χ2n) is 7.24. The summed E-state index contributed by atoms with van der Waals surface area (Å²) in [4.78, 5) is 8.33. The Morgan fingerprint density at radius 2 is 2.03 bits per heavy atom. The number of fused-ring (bicyclic) bond motifs is 1. The highest BCUT2D eigenvalue weighted by molar-refractivity contribution is 9.10. The normalized spacial score (nSPS) is 13.7. The third-order valence-corrected chi connectivity index (χ3v) is 6.98. The maximum atomic E-state index is 9.78. The lowest BCUT2D eigenvalue weighted by molar-refractivity contribution is 0.249. The molecule has 1 aliphatic heterocycles. The van der Waals surface area contributed by atoms with Gasteiger partial charge in [-0.3, -0.25) is 4.90 Å². The molecule has 7 heteroatoms. The molecule has 0 aliphatic carbocycles. The highest BCUT2D eigenvalue weighted by Gasteiger charge is 2.24. The number of benzene rings is 2. The molecule has 0 unspecified atom stereocenters. The highest BCUT2D eigenvalue weighted by atomic mass is 79.9. The largest absolute Gasteiger partial charge is 0.493 e. The van der Waals surface area contributed by atoms with E-state index in [1.54, 1.807) is 31.8 Å². The molecule has 158 valence electrons. The second kappa shape index (κ2) is 9.65. The number of aliphatic imine (C=N–C) groups is 1. The summed E-state index contributed by atoms with van der Waals surface area (Å²) in [5, 5.41) is 10.5. The molecule has 4 rings (SSSR count). The van der Waals surface area contributed by atoms with Crippen LogP contribution in [0.4, 0.5) is 5.00 Å². The summed E-state index contributed by atoms with van der Waals surface area (Å²) in [6.07, 6.45) is 2.64. The number of hydrogen-bond donors (Lipinski definition) is 0. The van der Waals surface area contributed by atoms with Crippen molar-refractivity contribution >= 4 is 38.5 Å². The highest BCUT2D eigenvalue weighted by Crippen LogP contribution is 2.39. The average molecular weight is 496 g/mol. The molecule has 5 nitrogen and oxygen atoms in total. The van der Waals surface area contributed by atoms with Crippen LogP contribution in [-0.4, -0.2) is 31.9 Å². The maximum absolute atomic E-state index is 9.78. The van der Waals surface area contributed by atoms with Crippen molar-refractivity contribution in [2.75, 3.05) is 20.8 Å². The molecule has 0 atom stereocenters. The average Bonchev–Trinajstić information content (AvgIpc) is 3.14. The summed E-state index contributed by atoms with van der Waals surface area (Å²) in [5.41, 5.74) is 4.03. The molecule has 0 amide bonds. The monoisotopic (exact) mass is 495 g/mol. The van der Waals surface area contributed by atoms with Gasteiger partial charge in [0.1, 0.15) is 11.1 Å². The van der Waals surface area contributed by atoms with Crippen LogP contribution in [0.15, 0.2) is 51.9 Å². The Morgan fingerprint density at radius 1 is 1.23 bits per heavy atom. The number of halogens is 1. The van der Waals surface area contributed by atoms with E-state index in [1.807, 2.05) is 18.2 Å². The van der Waals surface area contributed by atoms with E-state index in [9.17, 15) is 5.26 Å². The predicted molar refractivity (Wildman–Crippen MR) is 128 cm³/mol. The Kier molecular flexibility index (Phi) is 6.71. The number of methoxy groups -OCH3 is 2. The molecule has 0 N–H and O–H groups in total. The number of thiophene rings is 1. The van der Waals surface area contributed by atoms with E-state index in [-0.39, 0.29) is 0 Å². The third-order valence-electron chi connectivity index (χ3n) is 5.26. The Hall–Kier alpha value is -2.66. The second-order valence-corrected chi connectivity index (χ2v) is 9.18. The van der Waals surface area contributed by atoms with Crippen LogP contribution in [0.1, 0.15) is 27.1 Å². The molecule has 0 radical (unpaired) electrons. The summed E-state index contributed by atoms with van der Waals surface area (Å²) in [6.45, 7) is 2.71. The van der Waals surface area contributed by atoms with Crippen LogP contribution in [0.5, 0.6) is 11.5 Å². The van der Waals surface area contributed by atoms with E-state index < -0.39 is 0 Å². The zero-order valence-corrected chi connectivity index (χ0v) is 19.8.